The number of halogens is 1. The van der Waals surface area contributed by atoms with Crippen LogP contribution in [0.4, 0.5) is 4.39 Å². The summed E-state index contributed by atoms with van der Waals surface area (Å²) in [4.78, 5) is 19.3. The number of hydrogen-bond donors (Lipinski definition) is 0. The molecule has 0 spiro atoms. The quantitative estimate of drug-likeness (QED) is 0.683. The second-order valence-corrected chi connectivity index (χ2v) is 8.02. The van der Waals surface area contributed by atoms with E-state index in [-0.39, 0.29) is 11.7 Å². The maximum Gasteiger partial charge on any atom is 0.255 e. The molecule has 0 bridgehead atoms. The lowest BCUT2D eigenvalue weighted by Crippen LogP contribution is -2.44. The van der Waals surface area contributed by atoms with Crippen molar-refractivity contribution in [2.45, 2.75) is 19.4 Å². The lowest BCUT2D eigenvalue weighted by atomic mass is 9.96. The fourth-order valence-corrected chi connectivity index (χ4v) is 3.82. The van der Waals surface area contributed by atoms with Crippen LogP contribution >= 0.6 is 0 Å². The van der Waals surface area contributed by atoms with Gasteiger partial charge in [0.2, 0.25) is 0 Å². The largest absolute Gasteiger partial charge is 0.337 e. The van der Waals surface area contributed by atoms with E-state index in [1.807, 2.05) is 31.1 Å². The van der Waals surface area contributed by atoms with Crippen LogP contribution in [0.1, 0.15) is 28.8 Å². The minimum Gasteiger partial charge on any atom is -0.337 e. The highest BCUT2D eigenvalue weighted by molar-refractivity contribution is 5.93. The van der Waals surface area contributed by atoms with Gasteiger partial charge in [-0.15, -0.1) is 0 Å². The van der Waals surface area contributed by atoms with Gasteiger partial charge in [0.25, 0.3) is 5.91 Å². The van der Waals surface area contributed by atoms with Crippen LogP contribution in [0, 0.1) is 11.7 Å². The summed E-state index contributed by atoms with van der Waals surface area (Å²) < 4.78 is 14.0. The average Bonchev–Trinajstić information content (AvgIpc) is 2.73. The van der Waals surface area contributed by atoms with Gasteiger partial charge in [-0.3, -0.25) is 9.69 Å². The number of hydrogen-bond acceptors (Lipinski definition) is 5. The molecule has 156 valence electrons. The normalized spacial score (nSPS) is 17.4. The summed E-state index contributed by atoms with van der Waals surface area (Å²) in [5.41, 5.74) is 1.30. The van der Waals surface area contributed by atoms with Crippen LogP contribution in [0.3, 0.4) is 0 Å². The Labute approximate surface area is 172 Å². The zero-order chi connectivity index (χ0) is 20.6. The first-order chi connectivity index (χ1) is 14.0. The fourth-order valence-electron chi connectivity index (χ4n) is 3.82. The molecule has 6 nitrogen and oxygen atoms in total. The summed E-state index contributed by atoms with van der Waals surface area (Å²) in [6.07, 6.45) is 5.21. The number of carbonyl (C=O) groups excluding carboxylic acids is 1. The molecule has 2 aromatic rings. The minimum absolute atomic E-state index is 0.00650. The molecule has 1 saturated heterocycles. The molecule has 1 fully saturated rings. The van der Waals surface area contributed by atoms with E-state index in [9.17, 15) is 9.18 Å². The van der Waals surface area contributed by atoms with Crippen LogP contribution in [-0.2, 0) is 6.54 Å². The Hall–Kier alpha value is -2.38. The van der Waals surface area contributed by atoms with E-state index in [2.05, 4.69) is 20.0 Å². The van der Waals surface area contributed by atoms with E-state index in [1.165, 1.54) is 12.3 Å². The van der Waals surface area contributed by atoms with Crippen molar-refractivity contribution in [2.24, 2.45) is 5.92 Å². The van der Waals surface area contributed by atoms with E-state index in [1.54, 1.807) is 18.3 Å². The van der Waals surface area contributed by atoms with Gasteiger partial charge in [0.1, 0.15) is 5.82 Å². The van der Waals surface area contributed by atoms with Gasteiger partial charge >= 0.3 is 0 Å². The van der Waals surface area contributed by atoms with Crippen molar-refractivity contribution in [3.05, 3.63) is 59.7 Å². The molecule has 1 atom stereocenters. The Kier molecular flexibility index (Phi) is 7.66. The Morgan fingerprint density at radius 1 is 1.21 bits per heavy atom. The molecule has 29 heavy (non-hydrogen) atoms. The summed E-state index contributed by atoms with van der Waals surface area (Å²) in [5, 5.41) is 7.61. The summed E-state index contributed by atoms with van der Waals surface area (Å²) in [6, 6.07) is 8.68. The van der Waals surface area contributed by atoms with Crippen LogP contribution in [-0.4, -0.2) is 77.6 Å². The first kappa shape index (κ1) is 21.3. The molecular formula is C22H30FN5O. The van der Waals surface area contributed by atoms with Gasteiger partial charge in [0.15, 0.2) is 0 Å². The molecule has 2 heterocycles. The van der Waals surface area contributed by atoms with E-state index in [0.717, 1.165) is 38.0 Å². The van der Waals surface area contributed by atoms with Gasteiger partial charge in [0, 0.05) is 38.3 Å². The fraction of sp³-hybridized carbons (Fsp3) is 0.500. The van der Waals surface area contributed by atoms with Crippen LogP contribution < -0.4 is 0 Å². The first-order valence-electron chi connectivity index (χ1n) is 10.2. The number of likely N-dealkylation sites (N-methyl/N-ethyl adjacent to an activating group) is 1. The van der Waals surface area contributed by atoms with Crippen molar-refractivity contribution in [1.29, 1.82) is 0 Å². The number of nitrogens with zero attached hydrogens (tertiary/aromatic N) is 5. The van der Waals surface area contributed by atoms with Gasteiger partial charge in [-0.2, -0.15) is 10.2 Å². The third-order valence-corrected chi connectivity index (χ3v) is 5.37. The molecule has 7 heteroatoms. The van der Waals surface area contributed by atoms with Crippen molar-refractivity contribution in [3.63, 3.8) is 0 Å². The predicted octanol–water partition coefficient (Wildman–Crippen LogP) is 2.53. The van der Waals surface area contributed by atoms with E-state index < -0.39 is 0 Å². The molecule has 0 N–H and O–H groups in total. The van der Waals surface area contributed by atoms with Gasteiger partial charge in [-0.1, -0.05) is 18.2 Å². The van der Waals surface area contributed by atoms with Crippen LogP contribution in [0.5, 0.6) is 0 Å². The zero-order valence-electron chi connectivity index (χ0n) is 17.3. The summed E-state index contributed by atoms with van der Waals surface area (Å²) in [6.45, 7) is 4.61. The molecule has 0 radical (unpaired) electrons. The zero-order valence-corrected chi connectivity index (χ0v) is 17.3. The third kappa shape index (κ3) is 6.30. The van der Waals surface area contributed by atoms with E-state index in [0.29, 0.717) is 31.1 Å². The van der Waals surface area contributed by atoms with Crippen molar-refractivity contribution >= 4 is 5.91 Å². The monoisotopic (exact) mass is 399 g/mol. The molecular weight excluding hydrogens is 369 g/mol. The Morgan fingerprint density at radius 2 is 2.03 bits per heavy atom. The SMILES string of the molecule is CN(C)CCN(C[C@@H]1CCCN(Cc2ccccc2F)C1)C(=O)c1ccnnc1. The van der Waals surface area contributed by atoms with E-state index >= 15 is 0 Å². The molecule has 1 amide bonds. The molecule has 1 aliphatic rings. The summed E-state index contributed by atoms with van der Waals surface area (Å²) in [5.74, 6) is 0.215. The lowest BCUT2D eigenvalue weighted by Gasteiger charge is -2.36. The molecule has 0 saturated carbocycles. The number of benzene rings is 1. The summed E-state index contributed by atoms with van der Waals surface area (Å²) in [7, 11) is 4.01. The molecule has 1 aromatic carbocycles. The third-order valence-electron chi connectivity index (χ3n) is 5.37. The van der Waals surface area contributed by atoms with Gasteiger partial charge in [-0.05, 0) is 51.5 Å². The Bertz CT molecular complexity index is 786. The van der Waals surface area contributed by atoms with Crippen molar-refractivity contribution in [2.75, 3.05) is 46.8 Å². The first-order valence-corrected chi connectivity index (χ1v) is 10.2. The standard InChI is InChI=1S/C22H30FN5O/c1-26(2)12-13-28(22(29)19-9-10-24-25-14-19)16-18-6-5-11-27(15-18)17-20-7-3-4-8-21(20)23/h3-4,7-10,14,18H,5-6,11-13,15-17H2,1-2H3/t18-/m1/s1. The topological polar surface area (TPSA) is 52.6 Å². The molecule has 0 unspecified atom stereocenters. The second-order valence-electron chi connectivity index (χ2n) is 8.02. The van der Waals surface area contributed by atoms with Crippen LogP contribution in [0.25, 0.3) is 0 Å². The molecule has 0 aliphatic carbocycles. The smallest absolute Gasteiger partial charge is 0.255 e. The molecule has 1 aromatic heterocycles. The predicted molar refractivity (Wildman–Crippen MR) is 111 cm³/mol. The maximum absolute atomic E-state index is 14.0. The highest BCUT2D eigenvalue weighted by Crippen LogP contribution is 2.21. The van der Waals surface area contributed by atoms with Crippen molar-refractivity contribution in [3.8, 4) is 0 Å². The van der Waals surface area contributed by atoms with Gasteiger partial charge in [0.05, 0.1) is 18.0 Å². The number of amides is 1. The minimum atomic E-state index is -0.150. The van der Waals surface area contributed by atoms with Crippen LogP contribution in [0.2, 0.25) is 0 Å². The highest BCUT2D eigenvalue weighted by atomic mass is 19.1. The van der Waals surface area contributed by atoms with Crippen molar-refractivity contribution < 1.29 is 9.18 Å². The average molecular weight is 400 g/mol. The van der Waals surface area contributed by atoms with Crippen molar-refractivity contribution in [1.82, 2.24) is 24.9 Å². The Balaban J connectivity index is 1.64. The lowest BCUT2D eigenvalue weighted by molar-refractivity contribution is 0.0659. The molecule has 3 rings (SSSR count). The number of carbonyl (C=O) groups is 1. The summed E-state index contributed by atoms with van der Waals surface area (Å²) >= 11 is 0. The number of piperidine rings is 1. The van der Waals surface area contributed by atoms with Gasteiger partial charge < -0.3 is 9.80 Å². The van der Waals surface area contributed by atoms with Gasteiger partial charge in [-0.25, -0.2) is 4.39 Å². The highest BCUT2D eigenvalue weighted by Gasteiger charge is 2.25. The maximum atomic E-state index is 14.0. The van der Waals surface area contributed by atoms with Crippen LogP contribution in [0.15, 0.2) is 42.7 Å². The second kappa shape index (κ2) is 10.4. The Morgan fingerprint density at radius 3 is 2.76 bits per heavy atom. The molecule has 1 aliphatic heterocycles. The van der Waals surface area contributed by atoms with E-state index in [4.69, 9.17) is 0 Å². The number of aromatic nitrogens is 2. The number of rotatable bonds is 8. The number of likely N-dealkylation sites (tertiary alicyclic amines) is 1.